The number of hydrogen-bond acceptors (Lipinski definition) is 0. The predicted molar refractivity (Wildman–Crippen MR) is 68.3 cm³/mol. The van der Waals surface area contributed by atoms with Crippen molar-refractivity contribution in [3.63, 3.8) is 0 Å². The molecule has 0 aromatic heterocycles. The molecule has 4 fully saturated rings. The third-order valence-corrected chi connectivity index (χ3v) is 6.37. The van der Waals surface area contributed by atoms with E-state index in [2.05, 4.69) is 0 Å². The number of piperidine rings is 4. The van der Waals surface area contributed by atoms with Crippen LogP contribution in [0.25, 0.3) is 0 Å². The van der Waals surface area contributed by atoms with E-state index in [1.54, 1.807) is 19.3 Å². The zero-order valence-corrected chi connectivity index (χ0v) is 11.1. The molecule has 0 spiro atoms. The molecule has 0 aromatic rings. The Labute approximate surface area is 105 Å². The highest BCUT2D eigenvalue weighted by Gasteiger charge is 2.51. The van der Waals surface area contributed by atoms with Crippen molar-refractivity contribution in [1.29, 1.82) is 0 Å². The molecule has 2 bridgehead atoms. The fourth-order valence-corrected chi connectivity index (χ4v) is 5.70. The molecule has 2 nitrogen and oxygen atoms in total. The van der Waals surface area contributed by atoms with Gasteiger partial charge in [0.05, 0.1) is 50.1 Å². The highest BCUT2D eigenvalue weighted by molar-refractivity contribution is 4.86. The number of fused-ring (bicyclic) bond motifs is 6. The van der Waals surface area contributed by atoms with Crippen LogP contribution in [0.1, 0.15) is 44.9 Å². The molecule has 4 aliphatic heterocycles. The fourth-order valence-electron chi connectivity index (χ4n) is 5.70. The van der Waals surface area contributed by atoms with Gasteiger partial charge < -0.3 is 9.80 Å². The van der Waals surface area contributed by atoms with E-state index in [1.165, 1.54) is 51.9 Å². The lowest BCUT2D eigenvalue weighted by atomic mass is 9.71. The summed E-state index contributed by atoms with van der Waals surface area (Å²) in [6, 6.07) is 2.13. The van der Waals surface area contributed by atoms with Gasteiger partial charge in [-0.1, -0.05) is 0 Å². The van der Waals surface area contributed by atoms with Gasteiger partial charge in [0.25, 0.3) is 0 Å². The Hall–Kier alpha value is -0.0800. The third kappa shape index (κ3) is 1.76. The van der Waals surface area contributed by atoms with E-state index in [0.717, 1.165) is 23.9 Å². The van der Waals surface area contributed by atoms with Crippen LogP contribution in [0.3, 0.4) is 0 Å². The number of quaternary nitrogens is 2. The van der Waals surface area contributed by atoms with Crippen molar-refractivity contribution >= 4 is 0 Å². The molecule has 0 saturated carbocycles. The molecule has 0 amide bonds. The lowest BCUT2D eigenvalue weighted by Crippen LogP contribution is -3.26. The molecule has 2 N–H and O–H groups in total. The van der Waals surface area contributed by atoms with Crippen LogP contribution in [0, 0.1) is 11.8 Å². The summed E-state index contributed by atoms with van der Waals surface area (Å²) in [6.45, 7) is 6.07. The van der Waals surface area contributed by atoms with E-state index < -0.39 is 0 Å². The minimum absolute atomic E-state index is 1.07. The summed E-state index contributed by atoms with van der Waals surface area (Å²) in [4.78, 5) is 4.03. The van der Waals surface area contributed by atoms with Crippen molar-refractivity contribution in [3.8, 4) is 0 Å². The Bertz CT molecular complexity index is 263. The van der Waals surface area contributed by atoms with Crippen molar-refractivity contribution < 1.29 is 9.80 Å². The van der Waals surface area contributed by atoms with Crippen LogP contribution < -0.4 is 9.80 Å². The van der Waals surface area contributed by atoms with Crippen molar-refractivity contribution in [2.45, 2.75) is 57.0 Å². The summed E-state index contributed by atoms with van der Waals surface area (Å²) >= 11 is 0. The van der Waals surface area contributed by atoms with Crippen LogP contribution in [0.2, 0.25) is 0 Å². The zero-order valence-electron chi connectivity index (χ0n) is 11.1. The fraction of sp³-hybridized carbons (Fsp3) is 1.00. The van der Waals surface area contributed by atoms with Crippen molar-refractivity contribution in [3.05, 3.63) is 0 Å². The van der Waals surface area contributed by atoms with Gasteiger partial charge in [-0.2, -0.15) is 0 Å². The molecule has 6 atom stereocenters. The molecule has 0 aromatic carbocycles. The molecule has 2 unspecified atom stereocenters. The second-order valence-corrected chi connectivity index (χ2v) is 7.19. The van der Waals surface area contributed by atoms with Crippen molar-refractivity contribution in [2.75, 3.05) is 26.2 Å². The van der Waals surface area contributed by atoms with E-state index in [-0.39, 0.29) is 0 Å². The zero-order chi connectivity index (χ0) is 11.2. The van der Waals surface area contributed by atoms with E-state index in [4.69, 9.17) is 0 Å². The lowest BCUT2D eigenvalue weighted by molar-refractivity contribution is -0.993. The van der Waals surface area contributed by atoms with Gasteiger partial charge in [-0.3, -0.25) is 0 Å². The summed E-state index contributed by atoms with van der Waals surface area (Å²) < 4.78 is 0. The molecule has 0 aliphatic carbocycles. The topological polar surface area (TPSA) is 8.88 Å². The normalized spacial score (nSPS) is 53.6. The lowest BCUT2D eigenvalue weighted by Gasteiger charge is -2.52. The molecular formula is C15H28N2+2. The number of nitrogens with one attached hydrogen (secondary N) is 2. The van der Waals surface area contributed by atoms with Crippen LogP contribution >= 0.6 is 0 Å². The Balaban J connectivity index is 1.56. The van der Waals surface area contributed by atoms with Crippen LogP contribution in [0.15, 0.2) is 0 Å². The third-order valence-electron chi connectivity index (χ3n) is 6.37. The first-order chi connectivity index (χ1) is 8.42. The minimum atomic E-state index is 1.07. The van der Waals surface area contributed by atoms with Gasteiger partial charge in [-0.15, -0.1) is 0 Å². The Morgan fingerprint density at radius 3 is 1.71 bits per heavy atom. The number of rotatable bonds is 0. The SMILES string of the molecule is C1CC[NH+]2C[C@@H]3C[C@@H](C[NH+]4CCCC[C@@H]34)[C@@H]2C1. The highest BCUT2D eigenvalue weighted by Crippen LogP contribution is 2.29. The van der Waals surface area contributed by atoms with Gasteiger partial charge in [0.2, 0.25) is 0 Å². The van der Waals surface area contributed by atoms with Gasteiger partial charge >= 0.3 is 0 Å². The molecule has 4 heterocycles. The van der Waals surface area contributed by atoms with Gasteiger partial charge in [0.15, 0.2) is 0 Å². The van der Waals surface area contributed by atoms with Crippen LogP contribution in [0.4, 0.5) is 0 Å². The van der Waals surface area contributed by atoms with E-state index in [9.17, 15) is 0 Å². The quantitative estimate of drug-likeness (QED) is 0.562. The average molecular weight is 236 g/mol. The van der Waals surface area contributed by atoms with E-state index in [0.29, 0.717) is 0 Å². The molecule has 96 valence electrons. The van der Waals surface area contributed by atoms with E-state index >= 15 is 0 Å². The monoisotopic (exact) mass is 236 g/mol. The molecule has 4 saturated heterocycles. The maximum Gasteiger partial charge on any atom is 0.0957 e. The molecule has 0 radical (unpaired) electrons. The van der Waals surface area contributed by atoms with Gasteiger partial charge in [-0.25, -0.2) is 0 Å². The van der Waals surface area contributed by atoms with Gasteiger partial charge in [-0.05, 0) is 32.1 Å². The Morgan fingerprint density at radius 1 is 0.647 bits per heavy atom. The minimum Gasteiger partial charge on any atom is -0.332 e. The first-order valence-electron chi connectivity index (χ1n) is 8.11. The average Bonchev–Trinajstić information content (AvgIpc) is 2.39. The predicted octanol–water partition coefficient (Wildman–Crippen LogP) is -0.489. The largest absolute Gasteiger partial charge is 0.332 e. The van der Waals surface area contributed by atoms with Crippen LogP contribution in [-0.4, -0.2) is 38.3 Å². The standard InChI is InChI=1S/C15H26N2/c1-3-7-16-11-13-9-12(14(16)5-1)10-17-8-4-2-6-15(13)17/h12-15H,1-11H2/p+2/t12-,13-,14-,15-/m0/s1. The highest BCUT2D eigenvalue weighted by atomic mass is 15.3. The van der Waals surface area contributed by atoms with Crippen LogP contribution in [-0.2, 0) is 0 Å². The summed E-state index contributed by atoms with van der Waals surface area (Å²) in [5, 5.41) is 0. The molecule has 2 heteroatoms. The van der Waals surface area contributed by atoms with Gasteiger partial charge in [0, 0.05) is 12.8 Å². The summed E-state index contributed by atoms with van der Waals surface area (Å²) in [5.74, 6) is 2.18. The summed E-state index contributed by atoms with van der Waals surface area (Å²) in [6.07, 6.45) is 10.7. The van der Waals surface area contributed by atoms with Crippen LogP contribution in [0.5, 0.6) is 0 Å². The smallest absolute Gasteiger partial charge is 0.0957 e. The maximum absolute atomic E-state index is 2.02. The Kier molecular flexibility index (Phi) is 2.69. The van der Waals surface area contributed by atoms with Gasteiger partial charge in [0.1, 0.15) is 0 Å². The molecule has 4 rings (SSSR count). The summed E-state index contributed by atoms with van der Waals surface area (Å²) in [7, 11) is 0. The van der Waals surface area contributed by atoms with Crippen molar-refractivity contribution in [2.24, 2.45) is 11.8 Å². The molecular weight excluding hydrogens is 208 g/mol. The first-order valence-corrected chi connectivity index (χ1v) is 8.11. The number of hydrogen-bond donors (Lipinski definition) is 2. The molecule has 4 aliphatic rings. The summed E-state index contributed by atoms with van der Waals surface area (Å²) in [5.41, 5.74) is 0. The maximum atomic E-state index is 2.02. The van der Waals surface area contributed by atoms with Crippen molar-refractivity contribution in [1.82, 2.24) is 0 Å². The van der Waals surface area contributed by atoms with E-state index in [1.807, 2.05) is 9.80 Å². The second kappa shape index (κ2) is 4.24. The Morgan fingerprint density at radius 2 is 1.18 bits per heavy atom. The molecule has 17 heavy (non-hydrogen) atoms. The first kappa shape index (κ1) is 10.8. The second-order valence-electron chi connectivity index (χ2n) is 7.19.